The molecule has 1 aliphatic heterocycles. The Bertz CT molecular complexity index is 855. The van der Waals surface area contributed by atoms with Gasteiger partial charge in [0.05, 0.1) is 5.70 Å². The van der Waals surface area contributed by atoms with Crippen LogP contribution in [0.5, 0.6) is 0 Å². The van der Waals surface area contributed by atoms with E-state index in [-0.39, 0.29) is 17.5 Å². The van der Waals surface area contributed by atoms with Crippen LogP contribution >= 0.6 is 0 Å². The second-order valence-corrected chi connectivity index (χ2v) is 10.5. The second kappa shape index (κ2) is 8.29. The second-order valence-electron chi connectivity index (χ2n) is 10.5. The monoisotopic (exact) mass is 436 g/mol. The minimum Gasteiger partial charge on any atom is -0.246 e. The molecule has 0 aromatic carbocycles. The molecule has 0 bridgehead atoms. The number of alkyl halides is 4. The lowest BCUT2D eigenvalue weighted by molar-refractivity contribution is -0.141. The van der Waals surface area contributed by atoms with Crippen molar-refractivity contribution in [3.63, 3.8) is 0 Å². The quantitative estimate of drug-likeness (QED) is 0.278. The summed E-state index contributed by atoms with van der Waals surface area (Å²) in [6.07, 6.45) is 6.71. The summed E-state index contributed by atoms with van der Waals surface area (Å²) in [7, 11) is 0. The minimum atomic E-state index is -4.54. The summed E-state index contributed by atoms with van der Waals surface area (Å²) in [6, 6.07) is 1.17. The summed E-state index contributed by atoms with van der Waals surface area (Å²) in [6.45, 7) is 12.3. The zero-order chi connectivity index (χ0) is 23.1. The van der Waals surface area contributed by atoms with E-state index in [0.29, 0.717) is 24.1 Å². The van der Waals surface area contributed by atoms with Gasteiger partial charge in [0.2, 0.25) is 6.71 Å². The van der Waals surface area contributed by atoms with Crippen LogP contribution in [-0.4, -0.2) is 22.2 Å². The molecule has 2 aliphatic rings. The molecule has 3 rings (SSSR count). The van der Waals surface area contributed by atoms with Crippen LogP contribution in [0.4, 0.5) is 17.6 Å². The Morgan fingerprint density at radius 2 is 1.68 bits per heavy atom. The number of allylic oxidation sites excluding steroid dienone is 5. The summed E-state index contributed by atoms with van der Waals surface area (Å²) in [5, 5.41) is 3.93. The molecule has 1 aromatic heterocycles. The molecule has 0 amide bonds. The third-order valence-corrected chi connectivity index (χ3v) is 7.56. The lowest BCUT2D eigenvalue weighted by Gasteiger charge is -2.35. The Morgan fingerprint density at radius 3 is 2.19 bits per heavy atom. The third kappa shape index (κ3) is 5.01. The Hall–Kier alpha value is -1.79. The lowest BCUT2D eigenvalue weighted by Crippen LogP contribution is -2.34. The summed E-state index contributed by atoms with van der Waals surface area (Å²) in [4.78, 5) is 0. The first kappa shape index (κ1) is 23.9. The van der Waals surface area contributed by atoms with Crippen molar-refractivity contribution in [2.75, 3.05) is 0 Å². The number of rotatable bonds is 5. The largest absolute Gasteiger partial charge is 0.435 e. The van der Waals surface area contributed by atoms with E-state index < -0.39 is 17.5 Å². The molecule has 2 fully saturated rings. The molecular weight excluding hydrogens is 403 g/mol. The predicted octanol–water partition coefficient (Wildman–Crippen LogP) is 6.93. The summed E-state index contributed by atoms with van der Waals surface area (Å²) in [5.41, 5.74) is -1.44. The molecule has 2 nitrogen and oxygen atoms in total. The topological polar surface area (TPSA) is 17.8 Å². The first-order valence-corrected chi connectivity index (χ1v) is 11.2. The summed E-state index contributed by atoms with van der Waals surface area (Å²) < 4.78 is 57.2. The smallest absolute Gasteiger partial charge is 0.246 e. The molecule has 1 saturated heterocycles. The molecule has 0 spiro atoms. The zero-order valence-corrected chi connectivity index (χ0v) is 19.0. The maximum Gasteiger partial charge on any atom is 0.435 e. The van der Waals surface area contributed by atoms with Gasteiger partial charge in [-0.15, -0.1) is 0 Å². The van der Waals surface area contributed by atoms with Gasteiger partial charge >= 0.3 is 6.18 Å². The molecule has 1 saturated carbocycles. The van der Waals surface area contributed by atoms with Crippen LogP contribution in [0.1, 0.15) is 65.5 Å². The van der Waals surface area contributed by atoms with Gasteiger partial charge < -0.3 is 0 Å². The summed E-state index contributed by atoms with van der Waals surface area (Å²) >= 11 is 0. The van der Waals surface area contributed by atoms with E-state index in [1.54, 1.807) is 12.2 Å². The van der Waals surface area contributed by atoms with E-state index in [4.69, 9.17) is 0 Å². The molecule has 2 heterocycles. The average Bonchev–Trinajstić information content (AvgIpc) is 3.18. The van der Waals surface area contributed by atoms with Crippen molar-refractivity contribution >= 4 is 18.0 Å². The Balaban J connectivity index is 2.04. The first-order valence-electron chi connectivity index (χ1n) is 11.2. The highest BCUT2D eigenvalue weighted by molar-refractivity contribution is 6.73. The van der Waals surface area contributed by atoms with Gasteiger partial charge in [0.1, 0.15) is 5.67 Å². The highest BCUT2D eigenvalue weighted by atomic mass is 19.4. The summed E-state index contributed by atoms with van der Waals surface area (Å²) in [5.74, 6) is 0. The molecular formula is C24H33BF4N2. The van der Waals surface area contributed by atoms with Crippen LogP contribution in [0.2, 0.25) is 12.6 Å². The molecule has 0 radical (unpaired) electrons. The molecule has 0 N–H and O–H groups in total. The van der Waals surface area contributed by atoms with Crippen LogP contribution in [0.15, 0.2) is 36.9 Å². The van der Waals surface area contributed by atoms with Crippen molar-refractivity contribution in [2.45, 2.75) is 84.3 Å². The molecule has 0 unspecified atom stereocenters. The molecule has 1 aromatic rings. The van der Waals surface area contributed by atoms with Crippen molar-refractivity contribution < 1.29 is 17.6 Å². The highest BCUT2D eigenvalue weighted by Gasteiger charge is 2.50. The first-order chi connectivity index (χ1) is 14.3. The van der Waals surface area contributed by atoms with Crippen molar-refractivity contribution in [2.24, 2.45) is 10.8 Å². The van der Waals surface area contributed by atoms with E-state index in [9.17, 15) is 13.2 Å². The maximum atomic E-state index is 15.1. The fourth-order valence-corrected chi connectivity index (χ4v) is 4.96. The van der Waals surface area contributed by atoms with E-state index in [0.717, 1.165) is 31.9 Å². The van der Waals surface area contributed by atoms with Crippen molar-refractivity contribution in [3.8, 4) is 0 Å². The highest BCUT2D eigenvalue weighted by Crippen LogP contribution is 2.52. The van der Waals surface area contributed by atoms with Crippen molar-refractivity contribution in [3.05, 3.63) is 42.6 Å². The fraction of sp³-hybridized carbons (Fsp3) is 0.625. The van der Waals surface area contributed by atoms with Gasteiger partial charge in [-0.2, -0.15) is 18.3 Å². The normalized spacial score (nSPS) is 23.5. The molecule has 0 atom stereocenters. The Labute approximate surface area is 183 Å². The third-order valence-electron chi connectivity index (χ3n) is 7.56. The SMILES string of the molecule is C=C/C=C(\C=C/C1(F)CCCCC1)n1nc(C(F)(F)F)cc1B1CC(C)(C)C(C)(C)C1. The molecule has 170 valence electrons. The van der Waals surface area contributed by atoms with Crippen LogP contribution in [0, 0.1) is 10.8 Å². The molecule has 31 heavy (non-hydrogen) atoms. The number of aromatic nitrogens is 2. The number of halogens is 4. The Morgan fingerprint density at radius 1 is 1.10 bits per heavy atom. The van der Waals surface area contributed by atoms with Gasteiger partial charge in [0.15, 0.2) is 5.69 Å². The van der Waals surface area contributed by atoms with Crippen LogP contribution in [0.3, 0.4) is 0 Å². The van der Waals surface area contributed by atoms with E-state index >= 15 is 4.39 Å². The van der Waals surface area contributed by atoms with Gasteiger partial charge in [-0.05, 0) is 60.8 Å². The fourth-order valence-electron chi connectivity index (χ4n) is 4.96. The number of hydrogen-bond donors (Lipinski definition) is 0. The van der Waals surface area contributed by atoms with Gasteiger partial charge in [-0.1, -0.05) is 59.4 Å². The van der Waals surface area contributed by atoms with Crippen LogP contribution in [-0.2, 0) is 6.18 Å². The average molecular weight is 436 g/mol. The molecule has 7 heteroatoms. The number of hydrogen-bond acceptors (Lipinski definition) is 1. The van der Waals surface area contributed by atoms with Gasteiger partial charge in [0, 0.05) is 5.59 Å². The lowest BCUT2D eigenvalue weighted by atomic mass is 9.44. The van der Waals surface area contributed by atoms with E-state index in [1.165, 1.54) is 22.9 Å². The number of nitrogens with zero attached hydrogens (tertiary/aromatic N) is 2. The molecule has 1 aliphatic carbocycles. The van der Waals surface area contributed by atoms with Crippen LogP contribution in [0.25, 0.3) is 5.70 Å². The van der Waals surface area contributed by atoms with E-state index in [1.807, 2.05) is 0 Å². The van der Waals surface area contributed by atoms with Crippen LogP contribution < -0.4 is 5.59 Å². The zero-order valence-electron chi connectivity index (χ0n) is 19.0. The Kier molecular flexibility index (Phi) is 6.38. The minimum absolute atomic E-state index is 0.0194. The van der Waals surface area contributed by atoms with Gasteiger partial charge in [-0.25, -0.2) is 9.07 Å². The standard InChI is InChI=1S/C24H33BF4N2/c1-6-10-18(11-14-23(26)12-8-7-9-13-23)31-20(15-19(30-31)24(27,28)29)25-16-21(2,3)22(4,5)17-25/h6,10-11,14-15H,1,7-9,12-13,16-17H2,2-5H3/b14-11-,18-10+. The van der Waals surface area contributed by atoms with Gasteiger partial charge in [-0.3, -0.25) is 0 Å². The van der Waals surface area contributed by atoms with Crippen molar-refractivity contribution in [1.29, 1.82) is 0 Å². The maximum absolute atomic E-state index is 15.1. The predicted molar refractivity (Wildman–Crippen MR) is 120 cm³/mol. The van der Waals surface area contributed by atoms with Crippen molar-refractivity contribution in [1.82, 2.24) is 9.78 Å². The van der Waals surface area contributed by atoms with E-state index in [2.05, 4.69) is 39.4 Å². The van der Waals surface area contributed by atoms with Gasteiger partial charge in [0.25, 0.3) is 0 Å².